The van der Waals surface area contributed by atoms with Crippen LogP contribution in [0.1, 0.15) is 26.7 Å². The normalized spacial score (nSPS) is 14.5. The Morgan fingerprint density at radius 1 is 1.53 bits per heavy atom. The number of aromatic nitrogens is 2. The van der Waals surface area contributed by atoms with Crippen LogP contribution >= 0.6 is 0 Å². The molecule has 0 bridgehead atoms. The summed E-state index contributed by atoms with van der Waals surface area (Å²) in [6.45, 7) is 4.82. The average Bonchev–Trinajstić information content (AvgIpc) is 3.13. The number of hydrogen-bond donors (Lipinski definition) is 2. The topological polar surface area (TPSA) is 76.0 Å². The van der Waals surface area contributed by atoms with Crippen LogP contribution in [0, 0.1) is 5.92 Å². The summed E-state index contributed by atoms with van der Waals surface area (Å²) >= 11 is 0. The van der Waals surface area contributed by atoms with Gasteiger partial charge in [-0.05, 0) is 18.8 Å². The van der Waals surface area contributed by atoms with Crippen molar-refractivity contribution in [2.45, 2.75) is 39.3 Å². The molecule has 1 aliphatic carbocycles. The molecule has 2 N–H and O–H groups in total. The molecule has 2 rings (SSSR count). The number of carbonyl (C=O) groups excluding carboxylic acids is 1. The molecule has 0 aromatic carbocycles. The Labute approximate surface area is 112 Å². The Kier molecular flexibility index (Phi) is 4.19. The van der Waals surface area contributed by atoms with Crippen molar-refractivity contribution in [1.29, 1.82) is 0 Å². The summed E-state index contributed by atoms with van der Waals surface area (Å²) in [5, 5.41) is 5.66. The third-order valence-electron chi connectivity index (χ3n) is 2.83. The molecule has 1 amide bonds. The molecule has 0 aliphatic heterocycles. The zero-order chi connectivity index (χ0) is 13.8. The van der Waals surface area contributed by atoms with Crippen molar-refractivity contribution in [2.24, 2.45) is 5.92 Å². The van der Waals surface area contributed by atoms with E-state index in [2.05, 4.69) is 15.6 Å². The largest absolute Gasteiger partial charge is 0.356 e. The fraction of sp³-hybridized carbons (Fsp3) is 0.615. The van der Waals surface area contributed by atoms with Crippen LogP contribution in [0.4, 0.5) is 5.82 Å². The van der Waals surface area contributed by atoms with E-state index >= 15 is 0 Å². The Balaban J connectivity index is 1.95. The van der Waals surface area contributed by atoms with Crippen molar-refractivity contribution in [3.8, 4) is 0 Å². The van der Waals surface area contributed by atoms with Gasteiger partial charge in [0.05, 0.1) is 6.54 Å². The third kappa shape index (κ3) is 4.08. The first-order chi connectivity index (χ1) is 9.06. The van der Waals surface area contributed by atoms with Gasteiger partial charge in [-0.15, -0.1) is 0 Å². The molecule has 0 spiro atoms. The summed E-state index contributed by atoms with van der Waals surface area (Å²) in [5.74, 6) is 0.517. The number of carbonyl (C=O) groups is 1. The first-order valence-corrected chi connectivity index (χ1v) is 6.65. The van der Waals surface area contributed by atoms with Crippen LogP contribution in [0.15, 0.2) is 17.2 Å². The standard InChI is InChI=1S/C13H20N4O2/c1-9(2)8-17-6-5-14-12(13(17)19)15-7-11(18)16-10-3-4-10/h5-6,9-10H,3-4,7-8H2,1-2H3,(H,14,15)(H,16,18). The highest BCUT2D eigenvalue weighted by Crippen LogP contribution is 2.18. The van der Waals surface area contributed by atoms with Crippen LogP contribution in [-0.4, -0.2) is 28.0 Å². The van der Waals surface area contributed by atoms with Crippen molar-refractivity contribution in [3.05, 3.63) is 22.7 Å². The van der Waals surface area contributed by atoms with Gasteiger partial charge in [0.25, 0.3) is 5.56 Å². The highest BCUT2D eigenvalue weighted by molar-refractivity contribution is 5.80. The third-order valence-corrected chi connectivity index (χ3v) is 2.83. The van der Waals surface area contributed by atoms with Crippen molar-refractivity contribution < 1.29 is 4.79 Å². The van der Waals surface area contributed by atoms with Gasteiger partial charge in [0, 0.05) is 25.0 Å². The van der Waals surface area contributed by atoms with E-state index in [0.717, 1.165) is 12.8 Å². The van der Waals surface area contributed by atoms with Crippen molar-refractivity contribution in [2.75, 3.05) is 11.9 Å². The summed E-state index contributed by atoms with van der Waals surface area (Å²) in [6, 6.07) is 0.329. The molecule has 1 aromatic rings. The predicted molar refractivity (Wildman–Crippen MR) is 73.0 cm³/mol. The van der Waals surface area contributed by atoms with Gasteiger partial charge in [0.15, 0.2) is 5.82 Å². The van der Waals surface area contributed by atoms with E-state index in [1.165, 1.54) is 0 Å². The summed E-state index contributed by atoms with van der Waals surface area (Å²) in [4.78, 5) is 27.6. The number of amides is 1. The van der Waals surface area contributed by atoms with Gasteiger partial charge in [-0.3, -0.25) is 9.59 Å². The fourth-order valence-electron chi connectivity index (χ4n) is 1.78. The van der Waals surface area contributed by atoms with Crippen molar-refractivity contribution in [3.63, 3.8) is 0 Å². The lowest BCUT2D eigenvalue weighted by Gasteiger charge is -2.10. The molecule has 6 heteroatoms. The molecule has 104 valence electrons. The zero-order valence-corrected chi connectivity index (χ0v) is 11.3. The molecule has 0 radical (unpaired) electrons. The first kappa shape index (κ1) is 13.6. The lowest BCUT2D eigenvalue weighted by atomic mass is 10.2. The quantitative estimate of drug-likeness (QED) is 0.788. The Morgan fingerprint density at radius 2 is 2.26 bits per heavy atom. The zero-order valence-electron chi connectivity index (χ0n) is 11.3. The maximum atomic E-state index is 12.1. The molecular formula is C13H20N4O2. The van der Waals surface area contributed by atoms with Gasteiger partial charge < -0.3 is 15.2 Å². The Morgan fingerprint density at radius 3 is 2.89 bits per heavy atom. The maximum absolute atomic E-state index is 12.1. The number of anilines is 1. The molecule has 0 unspecified atom stereocenters. The van der Waals surface area contributed by atoms with E-state index in [1.807, 2.05) is 13.8 Å². The lowest BCUT2D eigenvalue weighted by Crippen LogP contribution is -2.34. The summed E-state index contributed by atoms with van der Waals surface area (Å²) in [5.41, 5.74) is -0.185. The van der Waals surface area contributed by atoms with E-state index in [0.29, 0.717) is 18.5 Å². The fourth-order valence-corrected chi connectivity index (χ4v) is 1.78. The van der Waals surface area contributed by atoms with Crippen molar-refractivity contribution >= 4 is 11.7 Å². The monoisotopic (exact) mass is 264 g/mol. The smallest absolute Gasteiger partial charge is 0.293 e. The minimum atomic E-state index is -0.185. The van der Waals surface area contributed by atoms with Crippen molar-refractivity contribution in [1.82, 2.24) is 14.9 Å². The molecule has 1 saturated carbocycles. The lowest BCUT2D eigenvalue weighted by molar-refractivity contribution is -0.119. The SMILES string of the molecule is CC(C)Cn1ccnc(NCC(=O)NC2CC2)c1=O. The molecular weight excluding hydrogens is 244 g/mol. The van der Waals surface area contributed by atoms with Gasteiger partial charge in [-0.1, -0.05) is 13.8 Å². The van der Waals surface area contributed by atoms with E-state index in [1.54, 1.807) is 17.0 Å². The summed E-state index contributed by atoms with van der Waals surface area (Å²) < 4.78 is 1.61. The van der Waals surface area contributed by atoms with Gasteiger partial charge in [-0.2, -0.15) is 0 Å². The molecule has 0 saturated heterocycles. The van der Waals surface area contributed by atoms with Gasteiger partial charge >= 0.3 is 0 Å². The highest BCUT2D eigenvalue weighted by atomic mass is 16.2. The first-order valence-electron chi connectivity index (χ1n) is 6.65. The number of nitrogens with one attached hydrogen (secondary N) is 2. The maximum Gasteiger partial charge on any atom is 0.293 e. The van der Waals surface area contributed by atoms with Crippen LogP contribution in [0.3, 0.4) is 0 Å². The van der Waals surface area contributed by atoms with E-state index in [9.17, 15) is 9.59 Å². The second-order valence-corrected chi connectivity index (χ2v) is 5.32. The highest BCUT2D eigenvalue weighted by Gasteiger charge is 2.23. The van der Waals surface area contributed by atoms with E-state index in [-0.39, 0.29) is 23.8 Å². The molecule has 1 fully saturated rings. The number of hydrogen-bond acceptors (Lipinski definition) is 4. The van der Waals surface area contributed by atoms with Crippen LogP contribution in [0.5, 0.6) is 0 Å². The van der Waals surface area contributed by atoms with Gasteiger partial charge in [0.2, 0.25) is 5.91 Å². The van der Waals surface area contributed by atoms with E-state index < -0.39 is 0 Å². The number of nitrogens with zero attached hydrogens (tertiary/aromatic N) is 2. The minimum absolute atomic E-state index is 0.0877. The molecule has 0 atom stereocenters. The molecule has 1 aromatic heterocycles. The van der Waals surface area contributed by atoms with Crippen LogP contribution in [-0.2, 0) is 11.3 Å². The van der Waals surface area contributed by atoms with E-state index in [4.69, 9.17) is 0 Å². The average molecular weight is 264 g/mol. The van der Waals surface area contributed by atoms with Crippen LogP contribution in [0.25, 0.3) is 0 Å². The molecule has 6 nitrogen and oxygen atoms in total. The summed E-state index contributed by atoms with van der Waals surface area (Å²) in [6.07, 6.45) is 5.34. The Hall–Kier alpha value is -1.85. The second-order valence-electron chi connectivity index (χ2n) is 5.32. The van der Waals surface area contributed by atoms with Crippen LogP contribution < -0.4 is 16.2 Å². The second kappa shape index (κ2) is 5.86. The summed E-state index contributed by atoms with van der Waals surface area (Å²) in [7, 11) is 0. The molecule has 1 aliphatic rings. The molecule has 19 heavy (non-hydrogen) atoms. The minimum Gasteiger partial charge on any atom is -0.356 e. The Bertz CT molecular complexity index is 506. The number of rotatable bonds is 6. The van der Waals surface area contributed by atoms with Gasteiger partial charge in [0.1, 0.15) is 0 Å². The van der Waals surface area contributed by atoms with Gasteiger partial charge in [-0.25, -0.2) is 4.98 Å². The molecule has 1 heterocycles. The van der Waals surface area contributed by atoms with Crippen LogP contribution in [0.2, 0.25) is 0 Å². The predicted octanol–water partition coefficient (Wildman–Crippen LogP) is 0.590.